The Kier molecular flexibility index (Phi) is 6.22. The summed E-state index contributed by atoms with van der Waals surface area (Å²) in [5.74, 6) is 0.705. The van der Waals surface area contributed by atoms with Crippen LogP contribution in [0.1, 0.15) is 26.7 Å². The topological polar surface area (TPSA) is 81.4 Å². The lowest BCUT2D eigenvalue weighted by atomic mass is 10.3. The van der Waals surface area contributed by atoms with Gasteiger partial charge in [-0.05, 0) is 37.1 Å². The van der Waals surface area contributed by atoms with E-state index in [9.17, 15) is 8.42 Å². The number of sulfonamides is 1. The molecule has 0 heterocycles. The highest BCUT2D eigenvalue weighted by atomic mass is 32.2. The second kappa shape index (κ2) is 7.44. The van der Waals surface area contributed by atoms with Gasteiger partial charge in [-0.2, -0.15) is 0 Å². The molecule has 0 spiro atoms. The second-order valence-electron chi connectivity index (χ2n) is 4.32. The molecule has 0 saturated carbocycles. The third kappa shape index (κ3) is 4.64. The summed E-state index contributed by atoms with van der Waals surface area (Å²) in [6.07, 6.45) is 1.25. The molecule has 7 heteroatoms. The van der Waals surface area contributed by atoms with Crippen LogP contribution in [-0.4, -0.2) is 25.3 Å². The van der Waals surface area contributed by atoms with Gasteiger partial charge in [-0.15, -0.1) is 0 Å². The van der Waals surface area contributed by atoms with Crippen LogP contribution in [-0.2, 0) is 10.0 Å². The zero-order valence-electron chi connectivity index (χ0n) is 11.6. The summed E-state index contributed by atoms with van der Waals surface area (Å²) < 4.78 is 32.2. The number of thiocarbonyl (C=S) groups is 1. The van der Waals surface area contributed by atoms with Gasteiger partial charge in [-0.25, -0.2) is 8.42 Å². The minimum Gasteiger partial charge on any atom is -0.494 e. The summed E-state index contributed by atoms with van der Waals surface area (Å²) in [6.45, 7) is 4.37. The van der Waals surface area contributed by atoms with E-state index in [2.05, 4.69) is 4.72 Å². The van der Waals surface area contributed by atoms with Crippen LogP contribution in [0.3, 0.4) is 0 Å². The summed E-state index contributed by atoms with van der Waals surface area (Å²) in [4.78, 5) is -0.0251. The zero-order chi connectivity index (χ0) is 15.2. The van der Waals surface area contributed by atoms with E-state index in [4.69, 9.17) is 22.7 Å². The van der Waals surface area contributed by atoms with Gasteiger partial charge in [-0.3, -0.25) is 4.72 Å². The summed E-state index contributed by atoms with van der Waals surface area (Å²) >= 11 is 4.79. The fourth-order valence-electron chi connectivity index (χ4n) is 1.65. The van der Waals surface area contributed by atoms with Crippen LogP contribution in [0.5, 0.6) is 5.75 Å². The van der Waals surface area contributed by atoms with Crippen LogP contribution < -0.4 is 15.2 Å². The van der Waals surface area contributed by atoms with Crippen molar-refractivity contribution in [2.24, 2.45) is 5.73 Å². The molecule has 0 aromatic heterocycles. The van der Waals surface area contributed by atoms with Crippen molar-refractivity contribution in [3.8, 4) is 5.75 Å². The Bertz CT molecular complexity index is 541. The SMILES string of the molecule is CCCOc1ccc(NS(=O)(=O)C(CC)C(N)=S)cc1. The fraction of sp³-hybridized carbons (Fsp3) is 0.462. The molecule has 1 aromatic rings. The first-order valence-electron chi connectivity index (χ1n) is 6.44. The van der Waals surface area contributed by atoms with Crippen molar-refractivity contribution in [1.82, 2.24) is 0 Å². The van der Waals surface area contributed by atoms with Crippen molar-refractivity contribution in [3.63, 3.8) is 0 Å². The van der Waals surface area contributed by atoms with Crippen LogP contribution in [0.4, 0.5) is 5.69 Å². The van der Waals surface area contributed by atoms with Crippen molar-refractivity contribution in [2.45, 2.75) is 31.9 Å². The third-order valence-corrected chi connectivity index (χ3v) is 4.94. The van der Waals surface area contributed by atoms with Crippen molar-refractivity contribution >= 4 is 32.9 Å². The molecule has 0 bridgehead atoms. The van der Waals surface area contributed by atoms with Crippen LogP contribution in [0.2, 0.25) is 0 Å². The van der Waals surface area contributed by atoms with Gasteiger partial charge in [0.2, 0.25) is 10.0 Å². The number of rotatable bonds is 8. The maximum Gasteiger partial charge on any atom is 0.242 e. The van der Waals surface area contributed by atoms with Gasteiger partial charge in [0.1, 0.15) is 11.0 Å². The van der Waals surface area contributed by atoms with E-state index < -0.39 is 15.3 Å². The number of nitrogens with one attached hydrogen (secondary N) is 1. The molecule has 1 rings (SSSR count). The monoisotopic (exact) mass is 316 g/mol. The molecule has 1 aromatic carbocycles. The van der Waals surface area contributed by atoms with Gasteiger partial charge in [0.15, 0.2) is 0 Å². The lowest BCUT2D eigenvalue weighted by molar-refractivity contribution is 0.317. The zero-order valence-corrected chi connectivity index (χ0v) is 13.3. The number of benzene rings is 1. The maximum atomic E-state index is 12.1. The second-order valence-corrected chi connectivity index (χ2v) is 6.65. The summed E-state index contributed by atoms with van der Waals surface area (Å²) in [6, 6.07) is 6.73. The van der Waals surface area contributed by atoms with E-state index >= 15 is 0 Å². The normalized spacial score (nSPS) is 12.7. The number of anilines is 1. The molecule has 1 unspecified atom stereocenters. The predicted octanol–water partition coefficient (Wildman–Crippen LogP) is 2.28. The molecule has 112 valence electrons. The van der Waals surface area contributed by atoms with Crippen molar-refractivity contribution in [3.05, 3.63) is 24.3 Å². The summed E-state index contributed by atoms with van der Waals surface area (Å²) in [5.41, 5.74) is 5.92. The van der Waals surface area contributed by atoms with Gasteiger partial charge in [0.25, 0.3) is 0 Å². The highest BCUT2D eigenvalue weighted by molar-refractivity contribution is 7.95. The first-order valence-corrected chi connectivity index (χ1v) is 8.40. The Morgan fingerprint density at radius 1 is 1.35 bits per heavy atom. The fourth-order valence-corrected chi connectivity index (χ4v) is 3.55. The number of ether oxygens (including phenoxy) is 1. The van der Waals surface area contributed by atoms with Crippen LogP contribution in [0.15, 0.2) is 24.3 Å². The Morgan fingerprint density at radius 2 is 1.95 bits per heavy atom. The molecule has 3 N–H and O–H groups in total. The predicted molar refractivity (Wildman–Crippen MR) is 85.6 cm³/mol. The summed E-state index contributed by atoms with van der Waals surface area (Å²) in [7, 11) is -3.61. The molecule has 0 saturated heterocycles. The molecule has 0 amide bonds. The van der Waals surface area contributed by atoms with E-state index in [0.717, 1.165) is 6.42 Å². The van der Waals surface area contributed by atoms with Crippen molar-refractivity contribution in [1.29, 1.82) is 0 Å². The minimum atomic E-state index is -3.61. The van der Waals surface area contributed by atoms with Gasteiger partial charge < -0.3 is 10.5 Å². The maximum absolute atomic E-state index is 12.1. The minimum absolute atomic E-state index is 0.0251. The molecule has 0 aliphatic heterocycles. The van der Waals surface area contributed by atoms with Gasteiger partial charge in [0.05, 0.1) is 11.6 Å². The molecular formula is C13H20N2O3S2. The van der Waals surface area contributed by atoms with E-state index in [1.807, 2.05) is 6.92 Å². The number of nitrogens with two attached hydrogens (primary N) is 1. The van der Waals surface area contributed by atoms with Crippen LogP contribution in [0, 0.1) is 0 Å². The Morgan fingerprint density at radius 3 is 2.40 bits per heavy atom. The molecule has 0 aliphatic rings. The first-order chi connectivity index (χ1) is 9.40. The number of hydrogen-bond acceptors (Lipinski definition) is 4. The van der Waals surface area contributed by atoms with E-state index in [0.29, 0.717) is 24.5 Å². The van der Waals surface area contributed by atoms with Crippen LogP contribution in [0.25, 0.3) is 0 Å². The van der Waals surface area contributed by atoms with Gasteiger partial charge in [0, 0.05) is 5.69 Å². The highest BCUT2D eigenvalue weighted by Gasteiger charge is 2.26. The molecule has 0 radical (unpaired) electrons. The number of hydrogen-bond donors (Lipinski definition) is 2. The highest BCUT2D eigenvalue weighted by Crippen LogP contribution is 2.19. The van der Waals surface area contributed by atoms with Gasteiger partial charge >= 0.3 is 0 Å². The average molecular weight is 316 g/mol. The lowest BCUT2D eigenvalue weighted by Gasteiger charge is -2.16. The molecule has 20 heavy (non-hydrogen) atoms. The largest absolute Gasteiger partial charge is 0.494 e. The smallest absolute Gasteiger partial charge is 0.242 e. The van der Waals surface area contributed by atoms with E-state index in [-0.39, 0.29) is 4.99 Å². The molecule has 1 atom stereocenters. The molecule has 0 aliphatic carbocycles. The van der Waals surface area contributed by atoms with Crippen molar-refractivity contribution in [2.75, 3.05) is 11.3 Å². The molecule has 0 fully saturated rings. The van der Waals surface area contributed by atoms with E-state index in [1.165, 1.54) is 0 Å². The quantitative estimate of drug-likeness (QED) is 0.719. The average Bonchev–Trinajstić information content (AvgIpc) is 2.37. The molecule has 5 nitrogen and oxygen atoms in total. The van der Waals surface area contributed by atoms with E-state index in [1.54, 1.807) is 31.2 Å². The Labute approximate surface area is 125 Å². The first kappa shape index (κ1) is 16.7. The summed E-state index contributed by atoms with van der Waals surface area (Å²) in [5, 5.41) is -0.867. The van der Waals surface area contributed by atoms with Crippen LogP contribution >= 0.6 is 12.2 Å². The Balaban J connectivity index is 2.79. The standard InChI is InChI=1S/C13H20N2O3S2/c1-3-9-18-11-7-5-10(6-8-11)15-20(16,17)12(4-2)13(14)19/h5-8,12,15H,3-4,9H2,1-2H3,(H2,14,19). The Hall–Kier alpha value is -1.34. The lowest BCUT2D eigenvalue weighted by Crippen LogP contribution is -2.37. The van der Waals surface area contributed by atoms with Crippen molar-refractivity contribution < 1.29 is 13.2 Å². The molecular weight excluding hydrogens is 296 g/mol. The van der Waals surface area contributed by atoms with Gasteiger partial charge in [-0.1, -0.05) is 26.1 Å². The third-order valence-electron chi connectivity index (χ3n) is 2.65.